The molecule has 6 bridgehead atoms. The van der Waals surface area contributed by atoms with Gasteiger partial charge in [-0.2, -0.15) is 5.26 Å². The lowest BCUT2D eigenvalue weighted by molar-refractivity contribution is 0.104. The van der Waals surface area contributed by atoms with Crippen molar-refractivity contribution in [1.82, 2.24) is 0 Å². The summed E-state index contributed by atoms with van der Waals surface area (Å²) in [6.07, 6.45) is 1.86. The Labute approximate surface area is 149 Å². The van der Waals surface area contributed by atoms with E-state index >= 15 is 0 Å². The number of ketones is 1. The van der Waals surface area contributed by atoms with E-state index in [-0.39, 0.29) is 11.5 Å². The normalized spacial score (nSPS) is 13.0. The highest BCUT2D eigenvalue weighted by Gasteiger charge is 2.22. The van der Waals surface area contributed by atoms with Crippen LogP contribution in [0, 0.1) is 11.3 Å². The molecule has 4 aliphatic rings. The molecule has 1 aromatic heterocycles. The summed E-state index contributed by atoms with van der Waals surface area (Å²) in [6.45, 7) is 0. The molecule has 0 atom stereocenters. The first-order valence-corrected chi connectivity index (χ1v) is 8.79. The molecule has 3 aromatic rings. The number of thiophene rings is 1. The van der Waals surface area contributed by atoms with Crippen molar-refractivity contribution in [3.05, 3.63) is 75.7 Å². The van der Waals surface area contributed by atoms with Gasteiger partial charge in [-0.25, -0.2) is 0 Å². The van der Waals surface area contributed by atoms with Crippen molar-refractivity contribution in [2.75, 3.05) is 11.1 Å². The molecule has 0 spiro atoms. The summed E-state index contributed by atoms with van der Waals surface area (Å²) in [5.41, 5.74) is 10.5. The first-order chi connectivity index (χ1) is 12.2. The minimum absolute atomic E-state index is 0.150. The number of nitrogens with two attached hydrogens (primary N) is 1. The molecule has 2 aromatic carbocycles. The fourth-order valence-corrected chi connectivity index (χ4v) is 3.99. The predicted molar refractivity (Wildman–Crippen MR) is 100 cm³/mol. The van der Waals surface area contributed by atoms with Gasteiger partial charge in [0.2, 0.25) is 5.78 Å². The number of hydrogen-bond donors (Lipinski definition) is 2. The minimum atomic E-state index is -0.150. The average Bonchev–Trinajstić information content (AvgIpc) is 2.95. The largest absolute Gasteiger partial charge is 0.396 e. The van der Waals surface area contributed by atoms with Crippen LogP contribution in [0.4, 0.5) is 16.4 Å². The Morgan fingerprint density at radius 1 is 1.00 bits per heavy atom. The molecule has 0 unspecified atom stereocenters. The Balaban J connectivity index is 1.90. The van der Waals surface area contributed by atoms with Crippen LogP contribution in [0.5, 0.6) is 0 Å². The number of nitrogens with zero attached hydrogens (tertiary/aromatic N) is 1. The summed E-state index contributed by atoms with van der Waals surface area (Å²) in [5.74, 6) is -0.150. The minimum Gasteiger partial charge on any atom is -0.396 e. The van der Waals surface area contributed by atoms with E-state index < -0.39 is 0 Å². The molecule has 5 heteroatoms. The van der Waals surface area contributed by atoms with Crippen LogP contribution in [0.3, 0.4) is 0 Å². The molecular weight excluding hydrogens is 330 g/mol. The highest BCUT2D eigenvalue weighted by atomic mass is 32.1. The first-order valence-electron chi connectivity index (χ1n) is 7.97. The average molecular weight is 345 g/mol. The van der Waals surface area contributed by atoms with Crippen molar-refractivity contribution in [3.63, 3.8) is 0 Å². The molecule has 0 fully saturated rings. The summed E-state index contributed by atoms with van der Waals surface area (Å²) in [5, 5.41) is 13.3. The second kappa shape index (κ2) is 6.08. The van der Waals surface area contributed by atoms with Gasteiger partial charge < -0.3 is 11.1 Å². The van der Waals surface area contributed by atoms with E-state index in [1.54, 1.807) is 0 Å². The fourth-order valence-electron chi connectivity index (χ4n) is 2.94. The number of nitriles is 1. The van der Waals surface area contributed by atoms with E-state index in [1.807, 2.05) is 36.4 Å². The monoisotopic (exact) mass is 345 g/mol. The fraction of sp³-hybridized carbons (Fsp3) is 0.100. The molecule has 0 saturated carbocycles. The molecule has 25 heavy (non-hydrogen) atoms. The highest BCUT2D eigenvalue weighted by molar-refractivity contribution is 7.19. The van der Waals surface area contributed by atoms with Gasteiger partial charge in [-0.15, -0.1) is 11.3 Å². The Morgan fingerprint density at radius 3 is 2.20 bits per heavy atom. The maximum Gasteiger partial charge on any atom is 0.205 e. The van der Waals surface area contributed by atoms with E-state index in [9.17, 15) is 10.1 Å². The molecular formula is C20H15N3OS. The number of anilines is 3. The smallest absolute Gasteiger partial charge is 0.205 e. The van der Waals surface area contributed by atoms with Crippen molar-refractivity contribution in [3.8, 4) is 6.07 Å². The second-order valence-corrected chi connectivity index (χ2v) is 7.03. The van der Waals surface area contributed by atoms with Gasteiger partial charge in [0.25, 0.3) is 0 Å². The van der Waals surface area contributed by atoms with Gasteiger partial charge in [0, 0.05) is 11.3 Å². The zero-order valence-corrected chi connectivity index (χ0v) is 14.2. The highest BCUT2D eigenvalue weighted by Crippen LogP contribution is 2.38. The van der Waals surface area contributed by atoms with Crippen LogP contribution < -0.4 is 11.1 Å². The molecule has 0 radical (unpaired) electrons. The van der Waals surface area contributed by atoms with Crippen LogP contribution in [0.15, 0.2) is 48.5 Å². The van der Waals surface area contributed by atoms with Gasteiger partial charge in [0.15, 0.2) is 0 Å². The van der Waals surface area contributed by atoms with Crippen LogP contribution in [-0.2, 0) is 12.8 Å². The van der Waals surface area contributed by atoms with Gasteiger partial charge in [0.05, 0.1) is 5.69 Å². The Hall–Kier alpha value is -3.10. The van der Waals surface area contributed by atoms with Crippen molar-refractivity contribution >= 4 is 33.5 Å². The number of rotatable bonds is 0. The number of carbonyl (C=O) groups is 1. The molecule has 7 rings (SSSR count). The topological polar surface area (TPSA) is 78.9 Å². The summed E-state index contributed by atoms with van der Waals surface area (Å²) in [4.78, 5) is 13.2. The van der Waals surface area contributed by atoms with Gasteiger partial charge in [-0.1, -0.05) is 36.4 Å². The number of nitrogen functional groups attached to an aromatic ring is 1. The van der Waals surface area contributed by atoms with Gasteiger partial charge in [-0.3, -0.25) is 4.79 Å². The molecule has 3 N–H and O–H groups in total. The summed E-state index contributed by atoms with van der Waals surface area (Å²) in [7, 11) is 0. The van der Waals surface area contributed by atoms with Crippen molar-refractivity contribution in [2.24, 2.45) is 0 Å². The third-order valence-electron chi connectivity index (χ3n) is 4.39. The van der Waals surface area contributed by atoms with Crippen LogP contribution in [0.25, 0.3) is 0 Å². The number of nitrogens with one attached hydrogen (secondary N) is 1. The predicted octanol–water partition coefficient (Wildman–Crippen LogP) is 4.28. The lowest BCUT2D eigenvalue weighted by Gasteiger charge is -2.07. The first kappa shape index (κ1) is 15.4. The van der Waals surface area contributed by atoms with E-state index in [0.29, 0.717) is 21.0 Å². The van der Waals surface area contributed by atoms with Gasteiger partial charge in [-0.05, 0) is 36.1 Å². The quantitative estimate of drug-likeness (QED) is 0.637. The van der Waals surface area contributed by atoms with Crippen molar-refractivity contribution < 1.29 is 4.79 Å². The maximum absolute atomic E-state index is 12.8. The number of hydrogen-bond acceptors (Lipinski definition) is 5. The number of aryl methyl sites for hydroxylation is 2. The van der Waals surface area contributed by atoms with Crippen LogP contribution in [-0.4, -0.2) is 5.78 Å². The van der Waals surface area contributed by atoms with Crippen molar-refractivity contribution in [2.45, 2.75) is 12.8 Å². The maximum atomic E-state index is 12.8. The van der Waals surface area contributed by atoms with Crippen LogP contribution in [0.1, 0.15) is 31.9 Å². The third kappa shape index (κ3) is 2.77. The molecule has 0 aliphatic carbocycles. The summed E-state index contributed by atoms with van der Waals surface area (Å²) in [6, 6.07) is 17.9. The summed E-state index contributed by atoms with van der Waals surface area (Å²) >= 11 is 1.22. The molecule has 0 amide bonds. The van der Waals surface area contributed by atoms with Gasteiger partial charge in [0.1, 0.15) is 21.5 Å². The van der Waals surface area contributed by atoms with Crippen LogP contribution >= 0.6 is 11.3 Å². The number of benzene rings is 2. The van der Waals surface area contributed by atoms with E-state index in [2.05, 4.69) is 23.5 Å². The molecule has 122 valence electrons. The third-order valence-corrected chi connectivity index (χ3v) is 5.51. The Bertz CT molecular complexity index is 995. The lowest BCUT2D eigenvalue weighted by atomic mass is 10.0. The summed E-state index contributed by atoms with van der Waals surface area (Å²) < 4.78 is 0. The zero-order valence-electron chi connectivity index (χ0n) is 13.4. The van der Waals surface area contributed by atoms with E-state index in [0.717, 1.165) is 18.5 Å². The van der Waals surface area contributed by atoms with Crippen LogP contribution in [0.2, 0.25) is 0 Å². The Kier molecular flexibility index (Phi) is 3.75. The second-order valence-electron chi connectivity index (χ2n) is 6.01. The molecule has 4 nitrogen and oxygen atoms in total. The molecule has 5 heterocycles. The zero-order chi connectivity index (χ0) is 17.4. The molecule has 0 saturated heterocycles. The van der Waals surface area contributed by atoms with Gasteiger partial charge >= 0.3 is 0 Å². The van der Waals surface area contributed by atoms with Crippen molar-refractivity contribution in [1.29, 1.82) is 5.26 Å². The van der Waals surface area contributed by atoms with E-state index in [1.165, 1.54) is 22.5 Å². The number of carbonyl (C=O) groups excluding carboxylic acids is 1. The standard InChI is InChI=1S/C20H15N3OS/c21-11-16-17(22)19-18(24)14-7-3-12(4-8-14)1-2-13-5-9-15(10-6-13)23-20(16)25-19/h3-10,23H,1-2,22H2. The Morgan fingerprint density at radius 2 is 1.60 bits per heavy atom. The molecule has 4 aliphatic heterocycles. The SMILES string of the molecule is N#Cc1c2sc(c1N)C(=O)c1ccc(cc1)CCc1ccc(cc1)N2. The lowest BCUT2D eigenvalue weighted by Crippen LogP contribution is -2.03. The van der Waals surface area contributed by atoms with E-state index in [4.69, 9.17) is 5.73 Å².